The minimum absolute atomic E-state index is 0.319. The predicted molar refractivity (Wildman–Crippen MR) is 72.6 cm³/mol. The molecule has 0 saturated heterocycles. The van der Waals surface area contributed by atoms with Gasteiger partial charge in [-0.2, -0.15) is 0 Å². The van der Waals surface area contributed by atoms with Crippen LogP contribution in [0.2, 0.25) is 5.15 Å². The van der Waals surface area contributed by atoms with Gasteiger partial charge in [0, 0.05) is 10.0 Å². The minimum Gasteiger partial charge on any atom is -0.232 e. The molecule has 0 aliphatic heterocycles. The van der Waals surface area contributed by atoms with Crippen LogP contribution in [0.5, 0.6) is 0 Å². The molecule has 0 radical (unpaired) electrons. The molecule has 0 amide bonds. The summed E-state index contributed by atoms with van der Waals surface area (Å²) in [5.74, 6) is 0.142. The number of hydrogen-bond donors (Lipinski definition) is 0. The third-order valence-electron chi connectivity index (χ3n) is 2.15. The Labute approximate surface area is 119 Å². The van der Waals surface area contributed by atoms with Gasteiger partial charge in [-0.3, -0.25) is 0 Å². The molecule has 2 aromatic rings. The van der Waals surface area contributed by atoms with Crippen LogP contribution < -0.4 is 0 Å². The second-order valence-electron chi connectivity index (χ2n) is 3.36. The first-order chi connectivity index (χ1) is 7.99. The zero-order valence-electron chi connectivity index (χ0n) is 8.64. The van der Waals surface area contributed by atoms with Crippen LogP contribution >= 0.6 is 43.5 Å². The summed E-state index contributed by atoms with van der Waals surface area (Å²) in [6.07, 6.45) is 0. The normalized spacial score (nSPS) is 10.6. The van der Waals surface area contributed by atoms with Crippen LogP contribution in [0, 0.1) is 12.7 Å². The molecule has 0 fully saturated rings. The molecular weight excluding hydrogens is 374 g/mol. The lowest BCUT2D eigenvalue weighted by Gasteiger charge is -2.06. The molecule has 0 unspecified atom stereocenters. The highest BCUT2D eigenvalue weighted by Crippen LogP contribution is 2.30. The maximum absolute atomic E-state index is 13.0. The Morgan fingerprint density at radius 1 is 1.24 bits per heavy atom. The SMILES string of the molecule is Cc1nc(-c2ccc(F)cc2Br)nc(Cl)c1Br. The van der Waals surface area contributed by atoms with Gasteiger partial charge in [-0.1, -0.05) is 11.6 Å². The molecule has 17 heavy (non-hydrogen) atoms. The van der Waals surface area contributed by atoms with E-state index < -0.39 is 0 Å². The van der Waals surface area contributed by atoms with Crippen LogP contribution in [0.3, 0.4) is 0 Å². The molecule has 6 heteroatoms. The zero-order valence-corrected chi connectivity index (χ0v) is 12.6. The third kappa shape index (κ3) is 2.67. The van der Waals surface area contributed by atoms with Crippen LogP contribution in [-0.4, -0.2) is 9.97 Å². The van der Waals surface area contributed by atoms with Gasteiger partial charge in [0.2, 0.25) is 0 Å². The minimum atomic E-state index is -0.319. The van der Waals surface area contributed by atoms with Crippen LogP contribution in [-0.2, 0) is 0 Å². The summed E-state index contributed by atoms with van der Waals surface area (Å²) in [5.41, 5.74) is 1.43. The lowest BCUT2D eigenvalue weighted by atomic mass is 10.2. The quantitative estimate of drug-likeness (QED) is 0.666. The van der Waals surface area contributed by atoms with Gasteiger partial charge in [0.15, 0.2) is 5.82 Å². The molecule has 0 aliphatic carbocycles. The summed E-state index contributed by atoms with van der Waals surface area (Å²) < 4.78 is 14.2. The molecule has 1 heterocycles. The largest absolute Gasteiger partial charge is 0.232 e. The van der Waals surface area contributed by atoms with Gasteiger partial charge in [0.05, 0.1) is 10.2 Å². The summed E-state index contributed by atoms with van der Waals surface area (Å²) in [7, 11) is 0. The molecular formula is C11H6Br2ClFN2. The van der Waals surface area contributed by atoms with Crippen LogP contribution in [0.25, 0.3) is 11.4 Å². The summed E-state index contributed by atoms with van der Waals surface area (Å²) >= 11 is 12.5. The van der Waals surface area contributed by atoms with E-state index in [-0.39, 0.29) is 5.82 Å². The number of aromatic nitrogens is 2. The molecule has 0 N–H and O–H groups in total. The van der Waals surface area contributed by atoms with Crippen molar-refractivity contribution in [1.82, 2.24) is 9.97 Å². The Bertz CT molecular complexity index is 567. The van der Waals surface area contributed by atoms with Crippen molar-refractivity contribution >= 4 is 43.5 Å². The molecule has 88 valence electrons. The fourth-order valence-corrected chi connectivity index (χ4v) is 2.24. The Morgan fingerprint density at radius 3 is 2.53 bits per heavy atom. The van der Waals surface area contributed by atoms with Gasteiger partial charge in [0.1, 0.15) is 11.0 Å². The fourth-order valence-electron chi connectivity index (χ4n) is 1.32. The van der Waals surface area contributed by atoms with Gasteiger partial charge in [-0.15, -0.1) is 0 Å². The second kappa shape index (κ2) is 5.00. The van der Waals surface area contributed by atoms with E-state index in [0.717, 1.165) is 5.69 Å². The molecule has 1 aromatic heterocycles. The molecule has 0 spiro atoms. The maximum Gasteiger partial charge on any atom is 0.162 e. The highest BCUT2D eigenvalue weighted by Gasteiger charge is 2.12. The first kappa shape index (κ1) is 12.9. The zero-order chi connectivity index (χ0) is 12.6. The van der Waals surface area contributed by atoms with Crippen molar-refractivity contribution in [1.29, 1.82) is 0 Å². The Hall–Kier alpha value is -0.520. The van der Waals surface area contributed by atoms with E-state index in [1.165, 1.54) is 12.1 Å². The summed E-state index contributed by atoms with van der Waals surface area (Å²) in [4.78, 5) is 8.45. The summed E-state index contributed by atoms with van der Waals surface area (Å²) in [5, 5.41) is 0.337. The lowest BCUT2D eigenvalue weighted by molar-refractivity contribution is 0.627. The van der Waals surface area contributed by atoms with E-state index in [4.69, 9.17) is 11.6 Å². The van der Waals surface area contributed by atoms with Crippen molar-refractivity contribution in [3.8, 4) is 11.4 Å². The molecule has 0 atom stereocenters. The van der Waals surface area contributed by atoms with Crippen molar-refractivity contribution < 1.29 is 4.39 Å². The summed E-state index contributed by atoms with van der Waals surface area (Å²) in [6, 6.07) is 4.33. The van der Waals surface area contributed by atoms with Crippen molar-refractivity contribution in [2.75, 3.05) is 0 Å². The number of benzene rings is 1. The lowest BCUT2D eigenvalue weighted by Crippen LogP contribution is -1.95. The highest BCUT2D eigenvalue weighted by molar-refractivity contribution is 9.11. The fraction of sp³-hybridized carbons (Fsp3) is 0.0909. The third-order valence-corrected chi connectivity index (χ3v) is 4.26. The highest BCUT2D eigenvalue weighted by atomic mass is 79.9. The predicted octanol–water partition coefficient (Wildman–Crippen LogP) is 4.77. The maximum atomic E-state index is 13.0. The Morgan fingerprint density at radius 2 is 1.94 bits per heavy atom. The van der Waals surface area contributed by atoms with E-state index in [1.54, 1.807) is 6.07 Å². The average Bonchev–Trinajstić information content (AvgIpc) is 2.25. The number of rotatable bonds is 1. The van der Waals surface area contributed by atoms with Crippen LogP contribution in [0.4, 0.5) is 4.39 Å². The van der Waals surface area contributed by atoms with Gasteiger partial charge >= 0.3 is 0 Å². The first-order valence-corrected chi connectivity index (χ1v) is 6.60. The second-order valence-corrected chi connectivity index (χ2v) is 5.37. The molecule has 0 bridgehead atoms. The number of aryl methyl sites for hydroxylation is 1. The van der Waals surface area contributed by atoms with Gasteiger partial charge in [-0.25, -0.2) is 14.4 Å². The van der Waals surface area contributed by atoms with E-state index in [9.17, 15) is 4.39 Å². The topological polar surface area (TPSA) is 25.8 Å². The molecule has 2 nitrogen and oxygen atoms in total. The standard InChI is InChI=1S/C11H6Br2ClFN2/c1-5-9(13)10(14)17-11(16-5)7-3-2-6(15)4-8(7)12/h2-4H,1H3. The van der Waals surface area contributed by atoms with E-state index in [0.29, 0.717) is 25.5 Å². The van der Waals surface area contributed by atoms with Crippen molar-refractivity contribution in [3.05, 3.63) is 43.8 Å². The van der Waals surface area contributed by atoms with E-state index >= 15 is 0 Å². The van der Waals surface area contributed by atoms with Gasteiger partial charge in [0.25, 0.3) is 0 Å². The molecule has 0 aliphatic rings. The molecule has 0 saturated carbocycles. The molecule has 1 aromatic carbocycles. The average molecular weight is 380 g/mol. The Kier molecular flexibility index (Phi) is 3.80. The van der Waals surface area contributed by atoms with Gasteiger partial charge in [-0.05, 0) is 57.0 Å². The van der Waals surface area contributed by atoms with Crippen LogP contribution in [0.15, 0.2) is 27.1 Å². The van der Waals surface area contributed by atoms with E-state index in [1.807, 2.05) is 6.92 Å². The van der Waals surface area contributed by atoms with Crippen molar-refractivity contribution in [2.45, 2.75) is 6.92 Å². The van der Waals surface area contributed by atoms with Gasteiger partial charge < -0.3 is 0 Å². The first-order valence-electron chi connectivity index (χ1n) is 4.64. The Balaban J connectivity index is 2.61. The smallest absolute Gasteiger partial charge is 0.162 e. The number of halogens is 4. The number of nitrogens with zero attached hydrogens (tertiary/aromatic N) is 2. The van der Waals surface area contributed by atoms with Crippen molar-refractivity contribution in [2.24, 2.45) is 0 Å². The summed E-state index contributed by atoms with van der Waals surface area (Å²) in [6.45, 7) is 1.82. The van der Waals surface area contributed by atoms with Crippen LogP contribution in [0.1, 0.15) is 5.69 Å². The number of hydrogen-bond acceptors (Lipinski definition) is 2. The van der Waals surface area contributed by atoms with Crippen molar-refractivity contribution in [3.63, 3.8) is 0 Å². The monoisotopic (exact) mass is 378 g/mol. The van der Waals surface area contributed by atoms with E-state index in [2.05, 4.69) is 41.8 Å². The molecule has 2 rings (SSSR count).